The molecule has 0 unspecified atom stereocenters. The lowest BCUT2D eigenvalue weighted by atomic mass is 10.2. The molecule has 0 amide bonds. The molecule has 5 nitrogen and oxygen atoms in total. The van der Waals surface area contributed by atoms with Gasteiger partial charge in [-0.25, -0.2) is 0 Å². The van der Waals surface area contributed by atoms with Crippen LogP contribution in [-0.2, 0) is 6.54 Å². The Kier molecular flexibility index (Phi) is 8.06. The van der Waals surface area contributed by atoms with Crippen LogP contribution in [0.4, 0.5) is 5.69 Å². The highest BCUT2D eigenvalue weighted by molar-refractivity contribution is 7.99. The molecule has 20 heavy (non-hydrogen) atoms. The Bertz CT molecular complexity index is 427. The summed E-state index contributed by atoms with van der Waals surface area (Å²) in [6.45, 7) is 6.09. The summed E-state index contributed by atoms with van der Waals surface area (Å²) in [5.74, 6) is 2.46. The van der Waals surface area contributed by atoms with Crippen LogP contribution in [0.25, 0.3) is 0 Å². The Labute approximate surface area is 124 Å². The Hall–Kier alpha value is -1.27. The summed E-state index contributed by atoms with van der Waals surface area (Å²) >= 11 is 1.84. The van der Waals surface area contributed by atoms with Crippen molar-refractivity contribution in [2.75, 3.05) is 24.7 Å². The maximum atomic E-state index is 11.1. The minimum Gasteiger partial charge on any atom is -0.487 e. The number of hydrogen-bond donors (Lipinski definition) is 1. The maximum Gasteiger partial charge on any atom is 0.311 e. The van der Waals surface area contributed by atoms with Gasteiger partial charge in [0.1, 0.15) is 0 Å². The molecule has 1 rings (SSSR count). The van der Waals surface area contributed by atoms with Gasteiger partial charge in [0.05, 0.1) is 11.5 Å². The number of benzene rings is 1. The van der Waals surface area contributed by atoms with Gasteiger partial charge in [0.2, 0.25) is 0 Å². The van der Waals surface area contributed by atoms with Crippen molar-refractivity contribution in [1.29, 1.82) is 0 Å². The summed E-state index contributed by atoms with van der Waals surface area (Å²) < 4.78 is 5.53. The molecular formula is C14H22N2O3S. The van der Waals surface area contributed by atoms with Crippen LogP contribution in [0.2, 0.25) is 0 Å². The van der Waals surface area contributed by atoms with Crippen LogP contribution < -0.4 is 10.1 Å². The van der Waals surface area contributed by atoms with Gasteiger partial charge in [-0.2, -0.15) is 11.8 Å². The molecule has 0 aliphatic heterocycles. The molecule has 0 bridgehead atoms. The van der Waals surface area contributed by atoms with E-state index in [2.05, 4.69) is 12.2 Å². The minimum atomic E-state index is -0.383. The van der Waals surface area contributed by atoms with Crippen LogP contribution in [-0.4, -0.2) is 29.6 Å². The van der Waals surface area contributed by atoms with Gasteiger partial charge in [0.15, 0.2) is 5.75 Å². The SMILES string of the molecule is CCNCc1ccc(OCCCSCC)c([N+](=O)[O-])c1. The topological polar surface area (TPSA) is 64.4 Å². The summed E-state index contributed by atoms with van der Waals surface area (Å²) in [7, 11) is 0. The van der Waals surface area contributed by atoms with Crippen molar-refractivity contribution in [1.82, 2.24) is 5.32 Å². The lowest BCUT2D eigenvalue weighted by Gasteiger charge is -2.08. The number of thioether (sulfide) groups is 1. The minimum absolute atomic E-state index is 0.0450. The molecule has 1 aromatic rings. The van der Waals surface area contributed by atoms with Crippen molar-refractivity contribution in [3.05, 3.63) is 33.9 Å². The fourth-order valence-electron chi connectivity index (χ4n) is 1.69. The zero-order chi connectivity index (χ0) is 14.8. The van der Waals surface area contributed by atoms with E-state index in [9.17, 15) is 10.1 Å². The van der Waals surface area contributed by atoms with E-state index < -0.39 is 0 Å². The van der Waals surface area contributed by atoms with Crippen LogP contribution in [0.15, 0.2) is 18.2 Å². The van der Waals surface area contributed by atoms with E-state index in [0.717, 1.165) is 30.0 Å². The van der Waals surface area contributed by atoms with Crippen molar-refractivity contribution in [3.63, 3.8) is 0 Å². The normalized spacial score (nSPS) is 10.5. The number of nitro groups is 1. The zero-order valence-electron chi connectivity index (χ0n) is 12.1. The van der Waals surface area contributed by atoms with Crippen molar-refractivity contribution in [2.45, 2.75) is 26.8 Å². The van der Waals surface area contributed by atoms with E-state index in [1.165, 1.54) is 0 Å². The molecule has 0 aliphatic rings. The molecule has 0 spiro atoms. The van der Waals surface area contributed by atoms with Crippen LogP contribution >= 0.6 is 11.8 Å². The fourth-order valence-corrected chi connectivity index (χ4v) is 2.31. The molecule has 0 aromatic heterocycles. The summed E-state index contributed by atoms with van der Waals surface area (Å²) in [5, 5.41) is 14.2. The van der Waals surface area contributed by atoms with E-state index >= 15 is 0 Å². The third-order valence-electron chi connectivity index (χ3n) is 2.69. The first-order valence-corrected chi connectivity index (χ1v) is 8.03. The highest BCUT2D eigenvalue weighted by Gasteiger charge is 2.15. The number of hydrogen-bond acceptors (Lipinski definition) is 5. The Morgan fingerprint density at radius 2 is 2.20 bits per heavy atom. The van der Waals surface area contributed by atoms with E-state index in [1.807, 2.05) is 24.8 Å². The van der Waals surface area contributed by atoms with Gasteiger partial charge in [-0.1, -0.05) is 19.9 Å². The van der Waals surface area contributed by atoms with Crippen LogP contribution in [0.1, 0.15) is 25.8 Å². The van der Waals surface area contributed by atoms with Gasteiger partial charge < -0.3 is 10.1 Å². The molecular weight excluding hydrogens is 276 g/mol. The molecule has 0 aliphatic carbocycles. The standard InChI is InChI=1S/C14H22N2O3S/c1-3-15-11-12-6-7-14(13(10-12)16(17)18)19-8-5-9-20-4-2/h6-7,10,15H,3-5,8-9,11H2,1-2H3. The molecule has 0 atom stereocenters. The number of nitro benzene ring substituents is 1. The monoisotopic (exact) mass is 298 g/mol. The van der Waals surface area contributed by atoms with Crippen molar-refractivity contribution in [2.24, 2.45) is 0 Å². The largest absolute Gasteiger partial charge is 0.487 e. The molecule has 0 saturated carbocycles. The second kappa shape index (κ2) is 9.61. The van der Waals surface area contributed by atoms with E-state index in [1.54, 1.807) is 12.1 Å². The summed E-state index contributed by atoms with van der Waals surface area (Å²) in [6.07, 6.45) is 0.898. The average Bonchev–Trinajstić information content (AvgIpc) is 2.45. The quantitative estimate of drug-likeness (QED) is 0.408. The molecule has 1 aromatic carbocycles. The summed E-state index contributed by atoms with van der Waals surface area (Å²) in [5.41, 5.74) is 0.941. The summed E-state index contributed by atoms with van der Waals surface area (Å²) in [4.78, 5) is 10.7. The average molecular weight is 298 g/mol. The van der Waals surface area contributed by atoms with Gasteiger partial charge >= 0.3 is 5.69 Å². The Morgan fingerprint density at radius 3 is 2.85 bits per heavy atom. The highest BCUT2D eigenvalue weighted by atomic mass is 32.2. The molecule has 1 N–H and O–H groups in total. The second-order valence-corrected chi connectivity index (χ2v) is 5.63. The third-order valence-corrected chi connectivity index (χ3v) is 3.68. The van der Waals surface area contributed by atoms with E-state index in [0.29, 0.717) is 18.9 Å². The number of nitrogens with one attached hydrogen (secondary N) is 1. The zero-order valence-corrected chi connectivity index (χ0v) is 12.9. The van der Waals surface area contributed by atoms with E-state index in [-0.39, 0.29) is 10.6 Å². The molecule has 112 valence electrons. The first-order valence-electron chi connectivity index (χ1n) is 6.87. The Balaban J connectivity index is 2.62. The van der Waals surface area contributed by atoms with Crippen molar-refractivity contribution in [3.8, 4) is 5.75 Å². The number of rotatable bonds is 10. The number of ether oxygens (including phenoxy) is 1. The molecule has 0 heterocycles. The Morgan fingerprint density at radius 1 is 1.40 bits per heavy atom. The van der Waals surface area contributed by atoms with Crippen molar-refractivity contribution >= 4 is 17.4 Å². The maximum absolute atomic E-state index is 11.1. The van der Waals surface area contributed by atoms with Gasteiger partial charge in [0, 0.05) is 12.6 Å². The van der Waals surface area contributed by atoms with Crippen LogP contribution in [0, 0.1) is 10.1 Å². The van der Waals surface area contributed by atoms with Gasteiger partial charge in [-0.15, -0.1) is 0 Å². The molecule has 6 heteroatoms. The predicted molar refractivity (Wildman–Crippen MR) is 83.6 cm³/mol. The van der Waals surface area contributed by atoms with Gasteiger partial charge in [-0.05, 0) is 36.1 Å². The van der Waals surface area contributed by atoms with Gasteiger partial charge in [0.25, 0.3) is 0 Å². The molecule has 0 fully saturated rings. The number of nitrogens with zero attached hydrogens (tertiary/aromatic N) is 1. The molecule has 0 radical (unpaired) electrons. The van der Waals surface area contributed by atoms with Crippen molar-refractivity contribution < 1.29 is 9.66 Å². The second-order valence-electron chi connectivity index (χ2n) is 4.24. The van der Waals surface area contributed by atoms with E-state index in [4.69, 9.17) is 4.74 Å². The highest BCUT2D eigenvalue weighted by Crippen LogP contribution is 2.28. The third kappa shape index (κ3) is 5.79. The van der Waals surface area contributed by atoms with Crippen LogP contribution in [0.3, 0.4) is 0 Å². The van der Waals surface area contributed by atoms with Crippen LogP contribution in [0.5, 0.6) is 5.75 Å². The lowest BCUT2D eigenvalue weighted by molar-refractivity contribution is -0.385. The lowest BCUT2D eigenvalue weighted by Crippen LogP contribution is -2.12. The summed E-state index contributed by atoms with van der Waals surface area (Å²) in [6, 6.07) is 5.14. The first-order chi connectivity index (χ1) is 9.69. The first kappa shape index (κ1) is 16.8. The smallest absolute Gasteiger partial charge is 0.311 e. The van der Waals surface area contributed by atoms with Gasteiger partial charge in [-0.3, -0.25) is 10.1 Å². The molecule has 0 saturated heterocycles. The fraction of sp³-hybridized carbons (Fsp3) is 0.571. The predicted octanol–water partition coefficient (Wildman–Crippen LogP) is 3.23.